The molecule has 0 fully saturated rings. The van der Waals surface area contributed by atoms with E-state index >= 15 is 0 Å². The van der Waals surface area contributed by atoms with E-state index in [0.717, 1.165) is 22.3 Å². The van der Waals surface area contributed by atoms with Gasteiger partial charge in [-0.2, -0.15) is 0 Å². The number of hydrogen-bond donors (Lipinski definition) is 4. The van der Waals surface area contributed by atoms with Crippen molar-refractivity contribution in [3.8, 4) is 11.5 Å². The third-order valence-electron chi connectivity index (χ3n) is 8.50. The number of phenols is 1. The number of benzene rings is 5. The Hall–Kier alpha value is -6.82. The second-order valence-electron chi connectivity index (χ2n) is 12.8. The fraction of sp³-hybridized carbons (Fsp3) is 0.227. The van der Waals surface area contributed by atoms with Gasteiger partial charge in [0.2, 0.25) is 5.91 Å². The van der Waals surface area contributed by atoms with Crippen molar-refractivity contribution in [2.45, 2.75) is 57.8 Å². The molecule has 0 aliphatic heterocycles. The van der Waals surface area contributed by atoms with Crippen LogP contribution >= 0.6 is 0 Å². The molecule has 0 saturated heterocycles. The summed E-state index contributed by atoms with van der Waals surface area (Å²) in [6, 6.07) is 39.1. The van der Waals surface area contributed by atoms with Crippen molar-refractivity contribution in [3.63, 3.8) is 0 Å². The largest absolute Gasteiger partial charge is 0.504 e. The quantitative estimate of drug-likeness (QED) is 0.0406. The van der Waals surface area contributed by atoms with Gasteiger partial charge in [0.25, 0.3) is 0 Å². The van der Waals surface area contributed by atoms with E-state index < -0.39 is 36.1 Å². The molecule has 0 heterocycles. The number of carbonyl (C=O) groups excluding carboxylic acids is 4. The predicted molar refractivity (Wildman–Crippen MR) is 208 cm³/mol. The van der Waals surface area contributed by atoms with Gasteiger partial charge in [-0.1, -0.05) is 127 Å². The van der Waals surface area contributed by atoms with Crippen molar-refractivity contribution >= 4 is 24.1 Å². The van der Waals surface area contributed by atoms with Gasteiger partial charge in [0.05, 0.1) is 0 Å². The summed E-state index contributed by atoms with van der Waals surface area (Å²) in [5.74, 6) is -1.28. The first-order valence-corrected chi connectivity index (χ1v) is 18.2. The molecule has 3 amide bonds. The molecule has 0 bridgehead atoms. The highest BCUT2D eigenvalue weighted by Crippen LogP contribution is 2.28. The zero-order valence-corrected chi connectivity index (χ0v) is 30.8. The number of aromatic hydroxyl groups is 1. The summed E-state index contributed by atoms with van der Waals surface area (Å²) in [5.41, 5.74) is 3.79. The van der Waals surface area contributed by atoms with Gasteiger partial charge in [0.1, 0.15) is 38.5 Å². The summed E-state index contributed by atoms with van der Waals surface area (Å²) in [6.07, 6.45) is -1.15. The maximum absolute atomic E-state index is 14.0. The minimum Gasteiger partial charge on any atom is -0.504 e. The molecular formula is C44H45N3O9. The van der Waals surface area contributed by atoms with Crippen LogP contribution in [-0.2, 0) is 56.6 Å². The molecule has 0 unspecified atom stereocenters. The monoisotopic (exact) mass is 759 g/mol. The second-order valence-corrected chi connectivity index (χ2v) is 12.8. The molecule has 12 nitrogen and oxygen atoms in total. The Morgan fingerprint density at radius 2 is 1.04 bits per heavy atom. The number of esters is 1. The molecule has 56 heavy (non-hydrogen) atoms. The van der Waals surface area contributed by atoms with Crippen LogP contribution in [0.1, 0.15) is 40.7 Å². The second kappa shape index (κ2) is 21.8. The number of nitrogens with one attached hydrogen (secondary N) is 3. The van der Waals surface area contributed by atoms with E-state index in [2.05, 4.69) is 16.0 Å². The molecule has 2 atom stereocenters. The fourth-order valence-corrected chi connectivity index (χ4v) is 5.51. The van der Waals surface area contributed by atoms with Crippen LogP contribution in [-0.4, -0.2) is 47.8 Å². The van der Waals surface area contributed by atoms with E-state index in [1.54, 1.807) is 24.3 Å². The van der Waals surface area contributed by atoms with Gasteiger partial charge >= 0.3 is 18.2 Å². The smallest absolute Gasteiger partial charge is 0.408 e. The number of phenolic OH excluding ortho intramolecular Hbond substituents is 1. The highest BCUT2D eigenvalue weighted by Gasteiger charge is 2.29. The van der Waals surface area contributed by atoms with E-state index in [1.807, 2.05) is 109 Å². The normalized spacial score (nSPS) is 11.6. The summed E-state index contributed by atoms with van der Waals surface area (Å²) < 4.78 is 22.2. The zero-order chi connectivity index (χ0) is 39.4. The fourth-order valence-electron chi connectivity index (χ4n) is 5.51. The lowest BCUT2D eigenvalue weighted by Gasteiger charge is -2.23. The molecule has 5 aromatic carbocycles. The van der Waals surface area contributed by atoms with E-state index in [1.165, 1.54) is 6.07 Å². The van der Waals surface area contributed by atoms with Crippen LogP contribution < -0.4 is 20.7 Å². The maximum Gasteiger partial charge on any atom is 0.408 e. The van der Waals surface area contributed by atoms with E-state index in [9.17, 15) is 24.3 Å². The molecule has 5 aromatic rings. The van der Waals surface area contributed by atoms with Crippen LogP contribution in [0, 0.1) is 0 Å². The molecule has 4 N–H and O–H groups in total. The topological polar surface area (TPSA) is 162 Å². The zero-order valence-electron chi connectivity index (χ0n) is 30.8. The van der Waals surface area contributed by atoms with Crippen LogP contribution in [0.3, 0.4) is 0 Å². The minimum absolute atomic E-state index is 0.0249. The number of hydrogen-bond acceptors (Lipinski definition) is 9. The molecule has 0 spiro atoms. The van der Waals surface area contributed by atoms with Gasteiger partial charge in [-0.25, -0.2) is 14.4 Å². The lowest BCUT2D eigenvalue weighted by atomic mass is 10.0. The highest BCUT2D eigenvalue weighted by atomic mass is 16.6. The van der Waals surface area contributed by atoms with Crippen molar-refractivity contribution in [2.75, 3.05) is 6.54 Å². The summed E-state index contributed by atoms with van der Waals surface area (Å²) in [6.45, 7) is 0.383. The van der Waals surface area contributed by atoms with Crippen molar-refractivity contribution in [1.82, 2.24) is 16.0 Å². The maximum atomic E-state index is 14.0. The van der Waals surface area contributed by atoms with E-state index in [0.29, 0.717) is 5.56 Å². The van der Waals surface area contributed by atoms with Gasteiger partial charge in [0, 0.05) is 13.0 Å². The SMILES string of the molecule is O=C(NCCC[C@H](NC(=O)[C@H](Cc1ccc(O)c(OCc2ccccc2)c1)NC(=O)OCc1ccccc1)C(=O)OCc1ccccc1)OCc1ccccc1. The van der Waals surface area contributed by atoms with Crippen molar-refractivity contribution in [1.29, 1.82) is 0 Å². The first kappa shape index (κ1) is 40.4. The van der Waals surface area contributed by atoms with Crippen LogP contribution in [0.2, 0.25) is 0 Å². The van der Waals surface area contributed by atoms with Crippen molar-refractivity contribution in [2.24, 2.45) is 0 Å². The summed E-state index contributed by atoms with van der Waals surface area (Å²) in [7, 11) is 0. The highest BCUT2D eigenvalue weighted by molar-refractivity contribution is 5.90. The Morgan fingerprint density at radius 1 is 0.536 bits per heavy atom. The van der Waals surface area contributed by atoms with Crippen LogP contribution in [0.25, 0.3) is 0 Å². The van der Waals surface area contributed by atoms with Gasteiger partial charge < -0.3 is 40.0 Å². The van der Waals surface area contributed by atoms with Crippen molar-refractivity contribution in [3.05, 3.63) is 167 Å². The molecule has 0 aromatic heterocycles. The lowest BCUT2D eigenvalue weighted by molar-refractivity contribution is -0.149. The van der Waals surface area contributed by atoms with Crippen LogP contribution in [0.4, 0.5) is 9.59 Å². The van der Waals surface area contributed by atoms with Gasteiger partial charge in [0.15, 0.2) is 11.5 Å². The lowest BCUT2D eigenvalue weighted by Crippen LogP contribution is -2.53. The average molecular weight is 760 g/mol. The number of ether oxygens (including phenoxy) is 4. The predicted octanol–water partition coefficient (Wildman–Crippen LogP) is 6.74. The molecule has 0 aliphatic rings. The Labute approximate surface area is 325 Å². The Balaban J connectivity index is 1.27. The molecule has 5 rings (SSSR count). The van der Waals surface area contributed by atoms with E-state index in [-0.39, 0.29) is 63.7 Å². The van der Waals surface area contributed by atoms with Crippen LogP contribution in [0.5, 0.6) is 11.5 Å². The van der Waals surface area contributed by atoms with Gasteiger partial charge in [-0.05, 0) is 52.8 Å². The van der Waals surface area contributed by atoms with E-state index in [4.69, 9.17) is 18.9 Å². The summed E-state index contributed by atoms with van der Waals surface area (Å²) in [5, 5.41) is 18.6. The number of rotatable bonds is 19. The Bertz CT molecular complexity index is 1980. The molecule has 12 heteroatoms. The first-order chi connectivity index (χ1) is 27.3. The average Bonchev–Trinajstić information content (AvgIpc) is 3.23. The summed E-state index contributed by atoms with van der Waals surface area (Å²) in [4.78, 5) is 52.9. The number of amides is 3. The van der Waals surface area contributed by atoms with Gasteiger partial charge in [-0.15, -0.1) is 0 Å². The van der Waals surface area contributed by atoms with Crippen LogP contribution in [0.15, 0.2) is 140 Å². The van der Waals surface area contributed by atoms with Gasteiger partial charge in [-0.3, -0.25) is 4.79 Å². The molecule has 0 radical (unpaired) electrons. The minimum atomic E-state index is -1.22. The number of alkyl carbamates (subject to hydrolysis) is 2. The van der Waals surface area contributed by atoms with Crippen molar-refractivity contribution < 1.29 is 43.2 Å². The first-order valence-electron chi connectivity index (χ1n) is 18.2. The third kappa shape index (κ3) is 13.9. The standard InChI is InChI=1S/C44H45N3O9/c48-39-24-23-36(27-40(39)53-28-32-14-5-1-6-15-32)26-38(47-44(52)56-31-35-20-11-4-12-21-35)41(49)46-37(42(50)54-29-33-16-7-2-8-17-33)22-13-25-45-43(51)55-30-34-18-9-3-10-19-34/h1-12,14-21,23-24,27,37-38,48H,13,22,25-26,28-31H2,(H,45,51)(H,46,49)(H,47,52)/t37-,38-/m0/s1. The Kier molecular flexibility index (Phi) is 15.7. The Morgan fingerprint density at radius 3 is 1.59 bits per heavy atom. The molecule has 0 saturated carbocycles. The molecular weight excluding hydrogens is 714 g/mol. The molecule has 0 aliphatic carbocycles. The summed E-state index contributed by atoms with van der Waals surface area (Å²) >= 11 is 0. The number of carbonyl (C=O) groups is 4. The third-order valence-corrected chi connectivity index (χ3v) is 8.50. The molecule has 290 valence electrons.